The Bertz CT molecular complexity index is 390. The Hall–Kier alpha value is -0.860. The predicted octanol–water partition coefficient (Wildman–Crippen LogP) is 3.82. The molecule has 2 heteroatoms. The molecule has 1 aliphatic heterocycles. The van der Waals surface area contributed by atoms with E-state index in [4.69, 9.17) is 0 Å². The van der Waals surface area contributed by atoms with E-state index in [1.54, 1.807) is 0 Å². The van der Waals surface area contributed by atoms with Crippen molar-refractivity contribution < 1.29 is 0 Å². The molecule has 20 heavy (non-hydrogen) atoms. The lowest BCUT2D eigenvalue weighted by atomic mass is 9.78. The van der Waals surface area contributed by atoms with Gasteiger partial charge in [0.2, 0.25) is 0 Å². The van der Waals surface area contributed by atoms with Crippen molar-refractivity contribution in [3.8, 4) is 0 Å². The van der Waals surface area contributed by atoms with Gasteiger partial charge in [-0.15, -0.1) is 0 Å². The van der Waals surface area contributed by atoms with E-state index >= 15 is 0 Å². The Balaban J connectivity index is 2.15. The fraction of sp³-hybridized carbons (Fsp3) is 0.667. The van der Waals surface area contributed by atoms with Crippen LogP contribution in [0.15, 0.2) is 30.3 Å². The van der Waals surface area contributed by atoms with Gasteiger partial charge >= 0.3 is 0 Å². The van der Waals surface area contributed by atoms with Crippen LogP contribution in [-0.4, -0.2) is 30.1 Å². The molecular weight excluding hydrogens is 244 g/mol. The summed E-state index contributed by atoms with van der Waals surface area (Å²) >= 11 is 0. The molecule has 2 atom stereocenters. The van der Waals surface area contributed by atoms with E-state index in [0.717, 1.165) is 6.54 Å². The molecule has 1 aromatic rings. The molecule has 0 aliphatic carbocycles. The van der Waals surface area contributed by atoms with Crippen molar-refractivity contribution in [2.24, 2.45) is 0 Å². The van der Waals surface area contributed by atoms with Gasteiger partial charge in [-0.1, -0.05) is 50.6 Å². The Morgan fingerprint density at radius 1 is 1.25 bits per heavy atom. The van der Waals surface area contributed by atoms with Crippen molar-refractivity contribution in [1.82, 2.24) is 10.2 Å². The third-order valence-electron chi connectivity index (χ3n) is 5.04. The lowest BCUT2D eigenvalue weighted by molar-refractivity contribution is 0.0134. The second kappa shape index (κ2) is 7.24. The number of nitrogens with one attached hydrogen (secondary N) is 1. The van der Waals surface area contributed by atoms with Crippen LogP contribution in [0.4, 0.5) is 0 Å². The standard InChI is InChI=1S/C18H30N2/c1-4-12-18(5-2)14-17(19-3)11-13-20(18)15-16-9-7-6-8-10-16/h6-10,17,19H,4-5,11-15H2,1-3H3. The maximum atomic E-state index is 3.51. The molecule has 112 valence electrons. The SMILES string of the molecule is CCCC1(CC)CC(NC)CCN1Cc1ccccc1. The fourth-order valence-electron chi connectivity index (χ4n) is 3.81. The second-order valence-corrected chi connectivity index (χ2v) is 6.21. The molecule has 1 aliphatic rings. The maximum absolute atomic E-state index is 3.51. The first-order valence-electron chi connectivity index (χ1n) is 8.20. The molecule has 2 unspecified atom stereocenters. The summed E-state index contributed by atoms with van der Waals surface area (Å²) in [6.45, 7) is 7.01. The smallest absolute Gasteiger partial charge is 0.0239 e. The number of rotatable bonds is 6. The summed E-state index contributed by atoms with van der Waals surface area (Å²) in [5, 5.41) is 3.51. The number of nitrogens with zero attached hydrogens (tertiary/aromatic N) is 1. The van der Waals surface area contributed by atoms with Crippen LogP contribution in [0.5, 0.6) is 0 Å². The van der Waals surface area contributed by atoms with E-state index in [0.29, 0.717) is 11.6 Å². The molecule has 0 aromatic heterocycles. The number of likely N-dealkylation sites (tertiary alicyclic amines) is 1. The molecule has 1 saturated heterocycles. The minimum absolute atomic E-state index is 0.385. The van der Waals surface area contributed by atoms with Gasteiger partial charge in [-0.2, -0.15) is 0 Å². The lowest BCUT2D eigenvalue weighted by Crippen LogP contribution is -2.56. The van der Waals surface area contributed by atoms with Gasteiger partial charge in [-0.05, 0) is 38.3 Å². The highest BCUT2D eigenvalue weighted by molar-refractivity contribution is 5.15. The van der Waals surface area contributed by atoms with E-state index in [2.05, 4.69) is 61.4 Å². The van der Waals surface area contributed by atoms with Crippen molar-refractivity contribution >= 4 is 0 Å². The molecule has 0 radical (unpaired) electrons. The second-order valence-electron chi connectivity index (χ2n) is 6.21. The highest BCUT2D eigenvalue weighted by Crippen LogP contribution is 2.36. The van der Waals surface area contributed by atoms with Crippen LogP contribution in [0.3, 0.4) is 0 Å². The predicted molar refractivity (Wildman–Crippen MR) is 86.9 cm³/mol. The minimum atomic E-state index is 0.385. The fourth-order valence-corrected chi connectivity index (χ4v) is 3.81. The third kappa shape index (κ3) is 3.42. The summed E-state index contributed by atoms with van der Waals surface area (Å²) < 4.78 is 0. The van der Waals surface area contributed by atoms with Gasteiger partial charge in [0.1, 0.15) is 0 Å². The van der Waals surface area contributed by atoms with E-state index < -0.39 is 0 Å². The minimum Gasteiger partial charge on any atom is -0.317 e. The summed E-state index contributed by atoms with van der Waals surface area (Å²) in [5.41, 5.74) is 1.83. The summed E-state index contributed by atoms with van der Waals surface area (Å²) in [4.78, 5) is 2.75. The topological polar surface area (TPSA) is 15.3 Å². The number of hydrogen-bond donors (Lipinski definition) is 1. The van der Waals surface area contributed by atoms with E-state index in [1.165, 1.54) is 44.2 Å². The molecule has 1 heterocycles. The van der Waals surface area contributed by atoms with Crippen LogP contribution in [0, 0.1) is 0 Å². The van der Waals surface area contributed by atoms with Crippen molar-refractivity contribution in [2.45, 2.75) is 64.1 Å². The van der Waals surface area contributed by atoms with Crippen LogP contribution < -0.4 is 5.32 Å². The quantitative estimate of drug-likeness (QED) is 0.848. The van der Waals surface area contributed by atoms with Gasteiger partial charge in [-0.3, -0.25) is 4.90 Å². The van der Waals surface area contributed by atoms with Gasteiger partial charge in [0, 0.05) is 24.7 Å². The molecule has 0 amide bonds. The zero-order valence-corrected chi connectivity index (χ0v) is 13.4. The average Bonchev–Trinajstić information content (AvgIpc) is 2.50. The highest BCUT2D eigenvalue weighted by atomic mass is 15.2. The van der Waals surface area contributed by atoms with Gasteiger partial charge < -0.3 is 5.32 Å². The molecule has 0 spiro atoms. The number of benzene rings is 1. The van der Waals surface area contributed by atoms with Crippen molar-refractivity contribution in [3.63, 3.8) is 0 Å². The van der Waals surface area contributed by atoms with Crippen LogP contribution >= 0.6 is 0 Å². The summed E-state index contributed by atoms with van der Waals surface area (Å²) in [6, 6.07) is 11.6. The first-order chi connectivity index (χ1) is 9.74. The summed E-state index contributed by atoms with van der Waals surface area (Å²) in [5.74, 6) is 0. The van der Waals surface area contributed by atoms with E-state index in [9.17, 15) is 0 Å². The molecule has 1 aromatic carbocycles. The van der Waals surface area contributed by atoms with Crippen molar-refractivity contribution in [1.29, 1.82) is 0 Å². The Labute approximate surface area is 124 Å². The van der Waals surface area contributed by atoms with E-state index in [1.807, 2.05) is 0 Å². The van der Waals surface area contributed by atoms with Crippen molar-refractivity contribution in [2.75, 3.05) is 13.6 Å². The normalized spacial score (nSPS) is 27.6. The zero-order valence-electron chi connectivity index (χ0n) is 13.4. The van der Waals surface area contributed by atoms with Crippen LogP contribution in [-0.2, 0) is 6.54 Å². The molecule has 2 nitrogen and oxygen atoms in total. The summed E-state index contributed by atoms with van der Waals surface area (Å²) in [6.07, 6.45) is 6.41. The summed E-state index contributed by atoms with van der Waals surface area (Å²) in [7, 11) is 2.11. The van der Waals surface area contributed by atoms with Gasteiger partial charge in [0.15, 0.2) is 0 Å². The largest absolute Gasteiger partial charge is 0.317 e. The maximum Gasteiger partial charge on any atom is 0.0239 e. The lowest BCUT2D eigenvalue weighted by Gasteiger charge is -2.50. The average molecular weight is 274 g/mol. The van der Waals surface area contributed by atoms with Crippen LogP contribution in [0.2, 0.25) is 0 Å². The molecule has 1 N–H and O–H groups in total. The Morgan fingerprint density at radius 3 is 2.60 bits per heavy atom. The third-order valence-corrected chi connectivity index (χ3v) is 5.04. The first-order valence-corrected chi connectivity index (χ1v) is 8.20. The molecule has 0 saturated carbocycles. The molecule has 2 rings (SSSR count). The monoisotopic (exact) mass is 274 g/mol. The van der Waals surface area contributed by atoms with Gasteiger partial charge in [-0.25, -0.2) is 0 Å². The Morgan fingerprint density at radius 2 is 2.00 bits per heavy atom. The van der Waals surface area contributed by atoms with Crippen LogP contribution in [0.25, 0.3) is 0 Å². The molecule has 0 bridgehead atoms. The Kier molecular flexibility index (Phi) is 5.62. The number of piperidine rings is 1. The van der Waals surface area contributed by atoms with Gasteiger partial charge in [0.25, 0.3) is 0 Å². The van der Waals surface area contributed by atoms with Crippen LogP contribution in [0.1, 0.15) is 51.5 Å². The molecular formula is C18H30N2. The zero-order chi connectivity index (χ0) is 14.4. The highest BCUT2D eigenvalue weighted by Gasteiger charge is 2.39. The van der Waals surface area contributed by atoms with Crippen molar-refractivity contribution in [3.05, 3.63) is 35.9 Å². The van der Waals surface area contributed by atoms with Gasteiger partial charge in [0.05, 0.1) is 0 Å². The first kappa shape index (κ1) is 15.5. The number of hydrogen-bond acceptors (Lipinski definition) is 2. The molecule has 1 fully saturated rings. The van der Waals surface area contributed by atoms with E-state index in [-0.39, 0.29) is 0 Å².